The van der Waals surface area contributed by atoms with Gasteiger partial charge in [-0.05, 0) is 38.3 Å². The van der Waals surface area contributed by atoms with Crippen LogP contribution in [0.3, 0.4) is 0 Å². The van der Waals surface area contributed by atoms with Crippen LogP contribution in [0.15, 0.2) is 18.2 Å². The lowest BCUT2D eigenvalue weighted by molar-refractivity contribution is -0.107. The molecule has 1 aromatic carbocycles. The Hall–Kier alpha value is -1.51. The number of phenolic OH excluding ortho intramolecular Hbond substituents is 1. The van der Waals surface area contributed by atoms with Crippen molar-refractivity contribution in [1.29, 1.82) is 0 Å². The Morgan fingerprint density at radius 1 is 1.29 bits per heavy atom. The summed E-state index contributed by atoms with van der Waals surface area (Å²) in [5.41, 5.74) is 1.97. The molecule has 1 N–H and O–H groups in total. The summed E-state index contributed by atoms with van der Waals surface area (Å²) in [5.74, 6) is 0.334. The molecule has 0 spiro atoms. The van der Waals surface area contributed by atoms with Gasteiger partial charge in [0.2, 0.25) is 0 Å². The van der Waals surface area contributed by atoms with Crippen molar-refractivity contribution in [2.75, 3.05) is 18.0 Å². The maximum Gasteiger partial charge on any atom is 0.120 e. The summed E-state index contributed by atoms with van der Waals surface area (Å²) in [6, 6.07) is 5.79. The van der Waals surface area contributed by atoms with Crippen LogP contribution in [0.25, 0.3) is 0 Å². The van der Waals surface area contributed by atoms with Crippen LogP contribution in [0.2, 0.25) is 0 Å². The molecule has 0 aliphatic carbocycles. The summed E-state index contributed by atoms with van der Waals surface area (Å²) in [6.45, 7) is 6.05. The highest BCUT2D eigenvalue weighted by atomic mass is 16.3. The van der Waals surface area contributed by atoms with Gasteiger partial charge in [-0.1, -0.05) is 6.07 Å². The quantitative estimate of drug-likeness (QED) is 0.583. The number of hydrogen-bond donors (Lipinski definition) is 1. The average Bonchev–Trinajstić information content (AvgIpc) is 2.33. The molecule has 1 rings (SSSR count). The number of hydrogen-bond acceptors (Lipinski definition) is 3. The SMILES string of the molecule is CCN(CC)c1ccc(CCCC=O)c(O)c1. The van der Waals surface area contributed by atoms with Crippen LogP contribution < -0.4 is 4.90 Å². The normalized spacial score (nSPS) is 10.2. The van der Waals surface area contributed by atoms with Crippen LogP contribution in [0.4, 0.5) is 5.69 Å². The highest BCUT2D eigenvalue weighted by molar-refractivity contribution is 5.53. The Morgan fingerprint density at radius 3 is 2.53 bits per heavy atom. The number of nitrogens with zero attached hydrogens (tertiary/aromatic N) is 1. The van der Waals surface area contributed by atoms with Gasteiger partial charge in [0.15, 0.2) is 0 Å². The molecule has 0 heterocycles. The van der Waals surface area contributed by atoms with Crippen LogP contribution in [0.5, 0.6) is 5.75 Å². The fourth-order valence-corrected chi connectivity index (χ4v) is 1.92. The largest absolute Gasteiger partial charge is 0.508 e. The van der Waals surface area contributed by atoms with Crippen LogP contribution in [-0.2, 0) is 11.2 Å². The zero-order chi connectivity index (χ0) is 12.7. The fraction of sp³-hybridized carbons (Fsp3) is 0.500. The van der Waals surface area contributed by atoms with Gasteiger partial charge in [0.1, 0.15) is 12.0 Å². The highest BCUT2D eigenvalue weighted by Gasteiger charge is 2.06. The summed E-state index contributed by atoms with van der Waals surface area (Å²) < 4.78 is 0. The number of aldehydes is 1. The summed E-state index contributed by atoms with van der Waals surface area (Å²) in [5, 5.41) is 9.92. The van der Waals surface area contributed by atoms with Gasteiger partial charge in [0.25, 0.3) is 0 Å². The minimum absolute atomic E-state index is 0.334. The van der Waals surface area contributed by atoms with Crippen LogP contribution in [0, 0.1) is 0 Å². The maximum absolute atomic E-state index is 10.2. The predicted octanol–water partition coefficient (Wildman–Crippen LogP) is 2.76. The number of phenols is 1. The van der Waals surface area contributed by atoms with Crippen molar-refractivity contribution >= 4 is 12.0 Å². The van der Waals surface area contributed by atoms with E-state index in [0.717, 1.165) is 43.5 Å². The van der Waals surface area contributed by atoms with Gasteiger partial charge < -0.3 is 14.8 Å². The third kappa shape index (κ3) is 3.77. The molecule has 0 amide bonds. The van der Waals surface area contributed by atoms with Crippen molar-refractivity contribution in [2.45, 2.75) is 33.1 Å². The minimum Gasteiger partial charge on any atom is -0.508 e. The number of carbonyl (C=O) groups excluding carboxylic acids is 1. The third-order valence-electron chi connectivity index (χ3n) is 2.97. The average molecular weight is 235 g/mol. The van der Waals surface area contributed by atoms with E-state index in [1.165, 1.54) is 0 Å². The van der Waals surface area contributed by atoms with Gasteiger partial charge in [-0.3, -0.25) is 0 Å². The van der Waals surface area contributed by atoms with Crippen molar-refractivity contribution in [3.05, 3.63) is 23.8 Å². The van der Waals surface area contributed by atoms with Crippen molar-refractivity contribution < 1.29 is 9.90 Å². The van der Waals surface area contributed by atoms with E-state index in [1.54, 1.807) is 0 Å². The summed E-state index contributed by atoms with van der Waals surface area (Å²) in [4.78, 5) is 12.4. The lowest BCUT2D eigenvalue weighted by Crippen LogP contribution is -2.21. The van der Waals surface area contributed by atoms with E-state index in [1.807, 2.05) is 18.2 Å². The number of aromatic hydroxyl groups is 1. The molecule has 3 nitrogen and oxygen atoms in total. The second-order valence-electron chi connectivity index (χ2n) is 4.04. The highest BCUT2D eigenvalue weighted by Crippen LogP contribution is 2.25. The molecular weight excluding hydrogens is 214 g/mol. The first-order valence-corrected chi connectivity index (χ1v) is 6.23. The summed E-state index contributed by atoms with van der Waals surface area (Å²) in [7, 11) is 0. The zero-order valence-corrected chi connectivity index (χ0v) is 10.6. The molecule has 0 fully saturated rings. The second-order valence-corrected chi connectivity index (χ2v) is 4.04. The predicted molar refractivity (Wildman–Crippen MR) is 70.7 cm³/mol. The van der Waals surface area contributed by atoms with E-state index in [-0.39, 0.29) is 0 Å². The summed E-state index contributed by atoms with van der Waals surface area (Å²) in [6.07, 6.45) is 3.02. The number of rotatable bonds is 7. The number of carbonyl (C=O) groups is 1. The molecule has 0 atom stereocenters. The van der Waals surface area contributed by atoms with Crippen molar-refractivity contribution in [1.82, 2.24) is 0 Å². The van der Waals surface area contributed by atoms with E-state index < -0.39 is 0 Å². The number of aryl methyl sites for hydroxylation is 1. The van der Waals surface area contributed by atoms with E-state index in [0.29, 0.717) is 12.2 Å². The van der Waals surface area contributed by atoms with Gasteiger partial charge in [-0.15, -0.1) is 0 Å². The maximum atomic E-state index is 10.2. The first-order valence-electron chi connectivity index (χ1n) is 6.23. The smallest absolute Gasteiger partial charge is 0.120 e. The second kappa shape index (κ2) is 6.94. The molecule has 0 saturated carbocycles. The number of anilines is 1. The molecule has 0 aromatic heterocycles. The molecule has 17 heavy (non-hydrogen) atoms. The molecule has 0 unspecified atom stereocenters. The van der Waals surface area contributed by atoms with Gasteiger partial charge >= 0.3 is 0 Å². The van der Waals surface area contributed by atoms with Crippen LogP contribution in [0.1, 0.15) is 32.3 Å². The van der Waals surface area contributed by atoms with E-state index in [4.69, 9.17) is 0 Å². The first kappa shape index (κ1) is 13.6. The molecule has 0 radical (unpaired) electrons. The van der Waals surface area contributed by atoms with Gasteiger partial charge in [-0.25, -0.2) is 0 Å². The van der Waals surface area contributed by atoms with Gasteiger partial charge in [0.05, 0.1) is 0 Å². The lowest BCUT2D eigenvalue weighted by Gasteiger charge is -2.21. The van der Waals surface area contributed by atoms with Crippen molar-refractivity contribution in [2.24, 2.45) is 0 Å². The summed E-state index contributed by atoms with van der Waals surface area (Å²) >= 11 is 0. The van der Waals surface area contributed by atoms with Crippen LogP contribution >= 0.6 is 0 Å². The number of unbranched alkanes of at least 4 members (excludes halogenated alkanes) is 1. The Morgan fingerprint density at radius 2 is 2.00 bits per heavy atom. The lowest BCUT2D eigenvalue weighted by atomic mass is 10.1. The molecule has 94 valence electrons. The Kier molecular flexibility index (Phi) is 5.53. The van der Waals surface area contributed by atoms with Crippen LogP contribution in [-0.4, -0.2) is 24.5 Å². The van der Waals surface area contributed by atoms with E-state index in [2.05, 4.69) is 18.7 Å². The van der Waals surface area contributed by atoms with Gasteiger partial charge in [-0.2, -0.15) is 0 Å². The van der Waals surface area contributed by atoms with Crippen molar-refractivity contribution in [3.63, 3.8) is 0 Å². The Labute approximate surface area is 103 Å². The Bertz CT molecular complexity index is 359. The first-order chi connectivity index (χ1) is 8.22. The minimum atomic E-state index is 0.334. The molecule has 0 bridgehead atoms. The topological polar surface area (TPSA) is 40.5 Å². The Balaban J connectivity index is 2.74. The molecule has 0 aliphatic rings. The number of benzene rings is 1. The zero-order valence-electron chi connectivity index (χ0n) is 10.6. The molecule has 1 aromatic rings. The molecule has 0 saturated heterocycles. The van der Waals surface area contributed by atoms with E-state index in [9.17, 15) is 9.90 Å². The fourth-order valence-electron chi connectivity index (χ4n) is 1.92. The molecular formula is C14H21NO2. The third-order valence-corrected chi connectivity index (χ3v) is 2.97. The standard InChI is InChI=1S/C14H21NO2/c1-3-15(4-2)13-9-8-12(14(17)11-13)7-5-6-10-16/h8-11,17H,3-7H2,1-2H3. The molecule has 0 aliphatic heterocycles. The van der Waals surface area contributed by atoms with E-state index >= 15 is 0 Å². The molecule has 3 heteroatoms. The van der Waals surface area contributed by atoms with Gasteiger partial charge in [0, 0.05) is 31.3 Å². The monoisotopic (exact) mass is 235 g/mol. The van der Waals surface area contributed by atoms with Crippen molar-refractivity contribution in [3.8, 4) is 5.75 Å².